The van der Waals surface area contributed by atoms with Crippen LogP contribution in [0.5, 0.6) is 0 Å². The number of rotatable bonds is 4. The molecule has 0 saturated heterocycles. The minimum Gasteiger partial charge on any atom is -0.325 e. The van der Waals surface area contributed by atoms with Gasteiger partial charge in [-0.15, -0.1) is 11.3 Å². The summed E-state index contributed by atoms with van der Waals surface area (Å²) >= 11 is 1.49. The lowest BCUT2D eigenvalue weighted by molar-refractivity contribution is 0.0866. The van der Waals surface area contributed by atoms with Gasteiger partial charge in [0.15, 0.2) is 5.78 Å². The highest BCUT2D eigenvalue weighted by Gasteiger charge is 2.27. The summed E-state index contributed by atoms with van der Waals surface area (Å²) in [5.41, 5.74) is 6.15. The van der Waals surface area contributed by atoms with Gasteiger partial charge < -0.3 is 5.73 Å². The summed E-state index contributed by atoms with van der Waals surface area (Å²) in [6.45, 7) is 2.67. The summed E-state index contributed by atoms with van der Waals surface area (Å²) in [6.07, 6.45) is 5.70. The summed E-state index contributed by atoms with van der Waals surface area (Å²) in [5, 5.41) is 2.71. The van der Waals surface area contributed by atoms with Gasteiger partial charge in [0.05, 0.1) is 0 Å². The highest BCUT2D eigenvalue weighted by molar-refractivity contribution is 7.09. The van der Waals surface area contributed by atoms with Crippen molar-refractivity contribution in [1.29, 1.82) is 0 Å². The number of carbonyl (C=O) groups excluding carboxylic acids is 1. The number of aromatic nitrogens is 1. The van der Waals surface area contributed by atoms with E-state index in [0.717, 1.165) is 23.8 Å². The number of carbonyl (C=O) groups is 1. The molecule has 17 heavy (non-hydrogen) atoms. The first-order chi connectivity index (χ1) is 8.24. The van der Waals surface area contributed by atoms with Gasteiger partial charge in [-0.25, -0.2) is 4.98 Å². The molecule has 3 nitrogen and oxygen atoms in total. The average molecular weight is 252 g/mol. The first-order valence-electron chi connectivity index (χ1n) is 6.43. The third-order valence-electron chi connectivity index (χ3n) is 3.77. The number of thiazole rings is 1. The SMILES string of the molecule is CCC1CCC(C(=O)c2csc(CN)n2)CC1. The zero-order valence-corrected chi connectivity index (χ0v) is 11.1. The van der Waals surface area contributed by atoms with Crippen LogP contribution in [0.25, 0.3) is 0 Å². The fraction of sp³-hybridized carbons (Fsp3) is 0.692. The van der Waals surface area contributed by atoms with Crippen molar-refractivity contribution in [3.8, 4) is 0 Å². The number of hydrogen-bond acceptors (Lipinski definition) is 4. The van der Waals surface area contributed by atoms with E-state index in [9.17, 15) is 4.79 Å². The second-order valence-electron chi connectivity index (χ2n) is 4.82. The molecule has 94 valence electrons. The first-order valence-corrected chi connectivity index (χ1v) is 7.31. The normalized spacial score (nSPS) is 24.8. The minimum absolute atomic E-state index is 0.200. The molecule has 1 aromatic heterocycles. The van der Waals surface area contributed by atoms with E-state index in [-0.39, 0.29) is 11.7 Å². The molecule has 1 aromatic rings. The van der Waals surface area contributed by atoms with E-state index in [0.29, 0.717) is 12.2 Å². The molecule has 1 saturated carbocycles. The van der Waals surface area contributed by atoms with Crippen molar-refractivity contribution in [2.45, 2.75) is 45.6 Å². The van der Waals surface area contributed by atoms with Gasteiger partial charge in [-0.05, 0) is 31.6 Å². The van der Waals surface area contributed by atoms with Crippen molar-refractivity contribution < 1.29 is 4.79 Å². The average Bonchev–Trinajstić information content (AvgIpc) is 2.87. The highest BCUT2D eigenvalue weighted by atomic mass is 32.1. The van der Waals surface area contributed by atoms with Crippen molar-refractivity contribution in [3.05, 3.63) is 16.1 Å². The third-order valence-corrected chi connectivity index (χ3v) is 4.64. The highest BCUT2D eigenvalue weighted by Crippen LogP contribution is 2.32. The van der Waals surface area contributed by atoms with Crippen molar-refractivity contribution >= 4 is 17.1 Å². The molecule has 2 rings (SSSR count). The second-order valence-corrected chi connectivity index (χ2v) is 5.76. The number of nitrogens with two attached hydrogens (primary N) is 1. The topological polar surface area (TPSA) is 56.0 Å². The van der Waals surface area contributed by atoms with Crippen LogP contribution in [0.1, 0.15) is 54.5 Å². The fourth-order valence-corrected chi connectivity index (χ4v) is 3.22. The van der Waals surface area contributed by atoms with E-state index in [1.165, 1.54) is 30.6 Å². The van der Waals surface area contributed by atoms with Gasteiger partial charge in [-0.3, -0.25) is 4.79 Å². The van der Waals surface area contributed by atoms with Crippen molar-refractivity contribution in [3.63, 3.8) is 0 Å². The molecule has 1 aliphatic carbocycles. The molecule has 0 spiro atoms. The van der Waals surface area contributed by atoms with Crippen LogP contribution in [0.15, 0.2) is 5.38 Å². The van der Waals surface area contributed by atoms with E-state index in [4.69, 9.17) is 5.73 Å². The molecule has 0 bridgehead atoms. The monoisotopic (exact) mass is 252 g/mol. The smallest absolute Gasteiger partial charge is 0.185 e. The summed E-state index contributed by atoms with van der Waals surface area (Å²) in [4.78, 5) is 16.5. The Balaban J connectivity index is 1.96. The van der Waals surface area contributed by atoms with Crippen LogP contribution in [0.2, 0.25) is 0 Å². The van der Waals surface area contributed by atoms with E-state index in [1.54, 1.807) is 0 Å². The van der Waals surface area contributed by atoms with Crippen LogP contribution in [0.3, 0.4) is 0 Å². The quantitative estimate of drug-likeness (QED) is 0.838. The zero-order valence-electron chi connectivity index (χ0n) is 10.3. The third kappa shape index (κ3) is 2.93. The van der Waals surface area contributed by atoms with Crippen LogP contribution >= 0.6 is 11.3 Å². The van der Waals surface area contributed by atoms with Crippen LogP contribution in [-0.4, -0.2) is 10.8 Å². The number of nitrogens with zero attached hydrogens (tertiary/aromatic N) is 1. The van der Waals surface area contributed by atoms with Crippen LogP contribution < -0.4 is 5.73 Å². The van der Waals surface area contributed by atoms with Gasteiger partial charge in [0, 0.05) is 17.8 Å². The predicted molar refractivity (Wildman–Crippen MR) is 70.1 cm³/mol. The summed E-state index contributed by atoms with van der Waals surface area (Å²) in [7, 11) is 0. The van der Waals surface area contributed by atoms with Crippen molar-refractivity contribution in [2.24, 2.45) is 17.6 Å². The molecule has 0 amide bonds. The zero-order chi connectivity index (χ0) is 12.3. The van der Waals surface area contributed by atoms with E-state index in [1.807, 2.05) is 5.38 Å². The largest absolute Gasteiger partial charge is 0.325 e. The fourth-order valence-electron chi connectivity index (χ4n) is 2.56. The van der Waals surface area contributed by atoms with Gasteiger partial charge in [-0.1, -0.05) is 13.3 Å². The Morgan fingerprint density at radius 1 is 1.47 bits per heavy atom. The van der Waals surface area contributed by atoms with Crippen molar-refractivity contribution in [1.82, 2.24) is 4.98 Å². The standard InChI is InChI=1S/C13H20N2OS/c1-2-9-3-5-10(6-4-9)13(16)11-8-17-12(7-14)15-11/h8-10H,2-7,14H2,1H3. The van der Waals surface area contributed by atoms with E-state index < -0.39 is 0 Å². The number of hydrogen-bond donors (Lipinski definition) is 1. The molecule has 0 radical (unpaired) electrons. The molecule has 0 atom stereocenters. The molecule has 2 N–H and O–H groups in total. The molecule has 0 unspecified atom stereocenters. The van der Waals surface area contributed by atoms with Gasteiger partial charge in [0.25, 0.3) is 0 Å². The van der Waals surface area contributed by atoms with Crippen LogP contribution in [0, 0.1) is 11.8 Å². The molecular formula is C13H20N2OS. The molecule has 4 heteroatoms. The molecule has 1 aliphatic rings. The van der Waals surface area contributed by atoms with Crippen LogP contribution in [-0.2, 0) is 6.54 Å². The van der Waals surface area contributed by atoms with E-state index in [2.05, 4.69) is 11.9 Å². The van der Waals surface area contributed by atoms with Gasteiger partial charge in [0.1, 0.15) is 10.7 Å². The van der Waals surface area contributed by atoms with E-state index >= 15 is 0 Å². The maximum absolute atomic E-state index is 12.2. The molecule has 1 heterocycles. The van der Waals surface area contributed by atoms with Gasteiger partial charge in [0.2, 0.25) is 0 Å². The van der Waals surface area contributed by atoms with Gasteiger partial charge >= 0.3 is 0 Å². The lowest BCUT2D eigenvalue weighted by Crippen LogP contribution is -2.22. The summed E-state index contributed by atoms with van der Waals surface area (Å²) in [5.74, 6) is 1.26. The Kier molecular flexibility index (Phi) is 4.29. The molecular weight excluding hydrogens is 232 g/mol. The predicted octanol–water partition coefficient (Wildman–Crippen LogP) is 3.00. The maximum atomic E-state index is 12.2. The van der Waals surface area contributed by atoms with Crippen molar-refractivity contribution in [2.75, 3.05) is 0 Å². The lowest BCUT2D eigenvalue weighted by Gasteiger charge is -2.26. The maximum Gasteiger partial charge on any atom is 0.185 e. The first kappa shape index (κ1) is 12.7. The molecule has 1 fully saturated rings. The Morgan fingerprint density at radius 2 is 2.18 bits per heavy atom. The summed E-state index contributed by atoms with van der Waals surface area (Å²) < 4.78 is 0. The van der Waals surface area contributed by atoms with Crippen LogP contribution in [0.4, 0.5) is 0 Å². The molecule has 0 aromatic carbocycles. The second kappa shape index (κ2) is 5.74. The Hall–Kier alpha value is -0.740. The lowest BCUT2D eigenvalue weighted by atomic mass is 9.78. The van der Waals surface area contributed by atoms with Gasteiger partial charge in [-0.2, -0.15) is 0 Å². The Bertz CT molecular complexity index is 381. The summed E-state index contributed by atoms with van der Waals surface area (Å²) in [6, 6.07) is 0. The number of ketones is 1. The molecule has 0 aliphatic heterocycles. The number of Topliss-reactive ketones (excluding diaryl/α,β-unsaturated/α-hetero) is 1. The minimum atomic E-state index is 0.200. The Labute approximate surface area is 106 Å². The Morgan fingerprint density at radius 3 is 2.71 bits per heavy atom.